The molecule has 4 rings (SSSR count). The third-order valence-electron chi connectivity index (χ3n) is 4.45. The van der Waals surface area contributed by atoms with Crippen LogP contribution < -0.4 is 5.69 Å². The van der Waals surface area contributed by atoms with Crippen molar-refractivity contribution in [3.05, 3.63) is 62.2 Å². The number of benzene rings is 1. The summed E-state index contributed by atoms with van der Waals surface area (Å²) in [5.74, 6) is -0.130. The van der Waals surface area contributed by atoms with Crippen molar-refractivity contribution in [3.63, 3.8) is 0 Å². The van der Waals surface area contributed by atoms with E-state index in [4.69, 9.17) is 11.6 Å². The zero-order chi connectivity index (χ0) is 18.1. The first-order valence-electron chi connectivity index (χ1n) is 8.26. The van der Waals surface area contributed by atoms with E-state index >= 15 is 0 Å². The van der Waals surface area contributed by atoms with Crippen LogP contribution in [0.5, 0.6) is 0 Å². The topological polar surface area (TPSA) is 73.0 Å². The van der Waals surface area contributed by atoms with E-state index in [0.717, 1.165) is 22.2 Å². The van der Waals surface area contributed by atoms with Gasteiger partial charge in [0.2, 0.25) is 5.91 Å². The smallest absolute Gasteiger partial charge is 0.333 e. The van der Waals surface area contributed by atoms with Crippen molar-refractivity contribution in [2.24, 2.45) is 0 Å². The van der Waals surface area contributed by atoms with Gasteiger partial charge in [-0.15, -0.1) is 11.3 Å². The number of hydrogen-bond acceptors (Lipinski definition) is 5. The van der Waals surface area contributed by atoms with Crippen molar-refractivity contribution >= 4 is 28.8 Å². The first-order chi connectivity index (χ1) is 12.6. The Labute approximate surface area is 158 Å². The highest BCUT2D eigenvalue weighted by molar-refractivity contribution is 7.10. The molecule has 1 atom stereocenters. The van der Waals surface area contributed by atoms with E-state index in [1.165, 1.54) is 4.88 Å². The third kappa shape index (κ3) is 3.06. The quantitative estimate of drug-likeness (QED) is 0.687. The molecule has 0 spiro atoms. The van der Waals surface area contributed by atoms with Gasteiger partial charge in [0.15, 0.2) is 0 Å². The van der Waals surface area contributed by atoms with Gasteiger partial charge in [0, 0.05) is 11.4 Å². The second-order valence-corrected chi connectivity index (χ2v) is 7.43. The van der Waals surface area contributed by atoms with E-state index in [0.29, 0.717) is 17.3 Å². The number of carbonyl (C=O) groups is 1. The zero-order valence-corrected chi connectivity index (χ0v) is 15.4. The first kappa shape index (κ1) is 17.0. The van der Waals surface area contributed by atoms with Gasteiger partial charge in [-0.25, -0.2) is 4.79 Å². The Morgan fingerprint density at radius 1 is 1.23 bits per heavy atom. The molecule has 0 N–H and O–H groups in total. The molecule has 1 saturated heterocycles. The molecule has 1 aliphatic heterocycles. The standard InChI is InChI=1S/C17H16ClN5O2S/c18-12-5-1-2-6-13(12)23-17(25)22(19-20-23)11-16(24)21-9-3-7-14(21)15-8-4-10-26-15/h1-2,4-6,8,10,14H,3,7,9,11H2. The summed E-state index contributed by atoms with van der Waals surface area (Å²) in [6.45, 7) is 0.556. The van der Waals surface area contributed by atoms with Gasteiger partial charge in [-0.05, 0) is 46.8 Å². The lowest BCUT2D eigenvalue weighted by molar-refractivity contribution is -0.133. The normalized spacial score (nSPS) is 17.0. The largest absolute Gasteiger partial charge is 0.369 e. The predicted octanol–water partition coefficient (Wildman–Crippen LogP) is 2.51. The molecule has 7 nitrogen and oxygen atoms in total. The number of thiophene rings is 1. The Bertz CT molecular complexity index is 981. The molecule has 9 heteroatoms. The average Bonchev–Trinajstić information content (AvgIpc) is 3.37. The average molecular weight is 390 g/mol. The fourth-order valence-electron chi connectivity index (χ4n) is 3.21. The predicted molar refractivity (Wildman–Crippen MR) is 98.6 cm³/mol. The van der Waals surface area contributed by atoms with Crippen molar-refractivity contribution < 1.29 is 4.79 Å². The van der Waals surface area contributed by atoms with Gasteiger partial charge >= 0.3 is 5.69 Å². The minimum absolute atomic E-state index is 0.0804. The van der Waals surface area contributed by atoms with Gasteiger partial charge in [-0.1, -0.05) is 29.8 Å². The maximum Gasteiger partial charge on any atom is 0.369 e. The highest BCUT2D eigenvalue weighted by Gasteiger charge is 2.31. The lowest BCUT2D eigenvalue weighted by atomic mass is 10.2. The Morgan fingerprint density at radius 2 is 2.08 bits per heavy atom. The van der Waals surface area contributed by atoms with Gasteiger partial charge in [0.25, 0.3) is 0 Å². The number of likely N-dealkylation sites (tertiary alicyclic amines) is 1. The highest BCUT2D eigenvalue weighted by atomic mass is 35.5. The molecule has 134 valence electrons. The van der Waals surface area contributed by atoms with E-state index in [2.05, 4.69) is 10.4 Å². The van der Waals surface area contributed by atoms with Crippen molar-refractivity contribution in [1.29, 1.82) is 0 Å². The van der Waals surface area contributed by atoms with Crippen LogP contribution in [0, 0.1) is 0 Å². The van der Waals surface area contributed by atoms with E-state index < -0.39 is 5.69 Å². The van der Waals surface area contributed by atoms with Gasteiger partial charge in [0.1, 0.15) is 6.54 Å². The number of halogens is 1. The minimum Gasteiger partial charge on any atom is -0.333 e. The molecule has 0 saturated carbocycles. The van der Waals surface area contributed by atoms with Crippen molar-refractivity contribution in [3.8, 4) is 5.69 Å². The van der Waals surface area contributed by atoms with Crippen LogP contribution in [-0.2, 0) is 11.3 Å². The van der Waals surface area contributed by atoms with Gasteiger partial charge in [-0.2, -0.15) is 9.36 Å². The summed E-state index contributed by atoms with van der Waals surface area (Å²) in [4.78, 5) is 28.3. The number of para-hydroxylation sites is 1. The van der Waals surface area contributed by atoms with Crippen LogP contribution in [0.4, 0.5) is 0 Å². The minimum atomic E-state index is -0.488. The number of amides is 1. The fraction of sp³-hybridized carbons (Fsp3) is 0.294. The summed E-state index contributed by atoms with van der Waals surface area (Å²) in [6, 6.07) is 11.0. The summed E-state index contributed by atoms with van der Waals surface area (Å²) in [5, 5.41) is 10.1. The molecule has 1 amide bonds. The summed E-state index contributed by atoms with van der Waals surface area (Å²) in [5.41, 5.74) is -0.0474. The molecule has 3 aromatic rings. The van der Waals surface area contributed by atoms with Crippen LogP contribution in [0.3, 0.4) is 0 Å². The molecule has 3 heterocycles. The number of carbonyl (C=O) groups excluding carboxylic acids is 1. The molecule has 26 heavy (non-hydrogen) atoms. The monoisotopic (exact) mass is 389 g/mol. The maximum absolute atomic E-state index is 12.8. The van der Waals surface area contributed by atoms with Crippen molar-refractivity contribution in [2.45, 2.75) is 25.4 Å². The van der Waals surface area contributed by atoms with Gasteiger partial charge in [-0.3, -0.25) is 4.79 Å². The summed E-state index contributed by atoms with van der Waals surface area (Å²) in [6.07, 6.45) is 1.89. The van der Waals surface area contributed by atoms with Crippen LogP contribution >= 0.6 is 22.9 Å². The van der Waals surface area contributed by atoms with E-state index in [-0.39, 0.29) is 18.5 Å². The molecule has 0 bridgehead atoms. The maximum atomic E-state index is 12.8. The van der Waals surface area contributed by atoms with E-state index in [1.54, 1.807) is 35.6 Å². The molecule has 0 radical (unpaired) electrons. The van der Waals surface area contributed by atoms with E-state index in [9.17, 15) is 9.59 Å². The molecular formula is C17H16ClN5O2S. The first-order valence-corrected chi connectivity index (χ1v) is 9.51. The Morgan fingerprint density at radius 3 is 2.85 bits per heavy atom. The van der Waals surface area contributed by atoms with Crippen LogP contribution in [0.25, 0.3) is 5.69 Å². The van der Waals surface area contributed by atoms with E-state index in [1.807, 2.05) is 22.4 Å². The number of rotatable bonds is 4. The SMILES string of the molecule is O=C(Cn1nnn(-c2ccccc2Cl)c1=O)N1CCCC1c1cccs1. The van der Waals surface area contributed by atoms with Crippen LogP contribution in [0.1, 0.15) is 23.8 Å². The van der Waals surface area contributed by atoms with Crippen molar-refractivity contribution in [2.75, 3.05) is 6.54 Å². The molecule has 2 aromatic heterocycles. The van der Waals surface area contributed by atoms with Crippen molar-refractivity contribution in [1.82, 2.24) is 24.7 Å². The Kier molecular flexibility index (Phi) is 4.60. The molecule has 1 aromatic carbocycles. The molecular weight excluding hydrogens is 374 g/mol. The van der Waals surface area contributed by atoms with Crippen LogP contribution in [-0.4, -0.2) is 37.1 Å². The third-order valence-corrected chi connectivity index (χ3v) is 5.74. The fourth-order valence-corrected chi connectivity index (χ4v) is 4.30. The number of aromatic nitrogens is 4. The molecule has 1 aliphatic rings. The zero-order valence-electron chi connectivity index (χ0n) is 13.8. The van der Waals surface area contributed by atoms with Crippen LogP contribution in [0.15, 0.2) is 46.6 Å². The van der Waals surface area contributed by atoms with Gasteiger partial charge in [0.05, 0.1) is 16.8 Å². The van der Waals surface area contributed by atoms with Crippen LogP contribution in [0.2, 0.25) is 5.02 Å². The number of hydrogen-bond donors (Lipinski definition) is 0. The lowest BCUT2D eigenvalue weighted by Crippen LogP contribution is -2.36. The number of nitrogens with zero attached hydrogens (tertiary/aromatic N) is 5. The summed E-state index contributed by atoms with van der Waals surface area (Å²) in [7, 11) is 0. The van der Waals surface area contributed by atoms with Gasteiger partial charge < -0.3 is 4.90 Å². The Balaban J connectivity index is 1.56. The lowest BCUT2D eigenvalue weighted by Gasteiger charge is -2.23. The molecule has 1 unspecified atom stereocenters. The molecule has 0 aliphatic carbocycles. The highest BCUT2D eigenvalue weighted by Crippen LogP contribution is 2.34. The summed E-state index contributed by atoms with van der Waals surface area (Å²) < 4.78 is 2.19. The molecule has 1 fully saturated rings. The second-order valence-electron chi connectivity index (χ2n) is 6.04. The second kappa shape index (κ2) is 7.05. The summed E-state index contributed by atoms with van der Waals surface area (Å²) >= 11 is 7.76. The Hall–Kier alpha value is -2.45. The number of tetrazole rings is 1.